The predicted molar refractivity (Wildman–Crippen MR) is 137 cm³/mol. The fraction of sp³-hybridized carbons (Fsp3) is 0.357. The molecule has 1 aromatic heterocycles. The normalized spacial score (nSPS) is 21.6. The molecule has 4 heterocycles. The molecule has 2 atom stereocenters. The summed E-state index contributed by atoms with van der Waals surface area (Å²) in [6.45, 7) is 2.92. The lowest BCUT2D eigenvalue weighted by Gasteiger charge is -2.21. The maximum absolute atomic E-state index is 13.0. The van der Waals surface area contributed by atoms with Gasteiger partial charge in [0.25, 0.3) is 5.91 Å². The molecule has 190 valence electrons. The van der Waals surface area contributed by atoms with Crippen LogP contribution in [0.4, 0.5) is 5.82 Å². The number of amides is 2. The number of aromatic nitrogens is 2. The SMILES string of the molecule is O=C1Cc2cccc(c2)Oc2cccc(c2)COC2CN(c3cncc(C(=O)N4CCCC4)n3)CC2N1. The van der Waals surface area contributed by atoms with E-state index in [1.54, 1.807) is 6.20 Å². The van der Waals surface area contributed by atoms with Crippen LogP contribution in [-0.4, -0.2) is 65.0 Å². The molecule has 0 radical (unpaired) electrons. The number of fused-ring (bicyclic) bond motifs is 5. The number of carbonyl (C=O) groups is 2. The van der Waals surface area contributed by atoms with Crippen molar-refractivity contribution < 1.29 is 19.1 Å². The first kappa shape index (κ1) is 23.4. The van der Waals surface area contributed by atoms with E-state index in [0.29, 0.717) is 37.0 Å². The van der Waals surface area contributed by atoms with Crippen molar-refractivity contribution in [3.05, 3.63) is 77.7 Å². The lowest BCUT2D eigenvalue weighted by Crippen LogP contribution is -2.44. The summed E-state index contributed by atoms with van der Waals surface area (Å²) in [5.41, 5.74) is 2.20. The third-order valence-electron chi connectivity index (χ3n) is 7.03. The van der Waals surface area contributed by atoms with Crippen molar-refractivity contribution >= 4 is 17.6 Å². The molecule has 3 aromatic rings. The number of benzene rings is 2. The number of rotatable bonds is 2. The van der Waals surface area contributed by atoms with Crippen LogP contribution in [0, 0.1) is 0 Å². The first-order valence-corrected chi connectivity index (χ1v) is 12.7. The predicted octanol–water partition coefficient (Wildman–Crippen LogP) is 2.95. The number of ether oxygens (including phenoxy) is 2. The fourth-order valence-corrected chi connectivity index (χ4v) is 5.16. The average Bonchev–Trinajstić information content (AvgIpc) is 3.58. The van der Waals surface area contributed by atoms with Crippen LogP contribution in [0.2, 0.25) is 0 Å². The number of nitrogens with one attached hydrogen (secondary N) is 1. The lowest BCUT2D eigenvalue weighted by atomic mass is 10.1. The summed E-state index contributed by atoms with van der Waals surface area (Å²) in [4.78, 5) is 38.7. The van der Waals surface area contributed by atoms with Gasteiger partial charge in [-0.3, -0.25) is 14.6 Å². The van der Waals surface area contributed by atoms with Crippen LogP contribution in [0.15, 0.2) is 60.9 Å². The maximum Gasteiger partial charge on any atom is 0.274 e. The molecule has 2 fully saturated rings. The van der Waals surface area contributed by atoms with Gasteiger partial charge in [-0.2, -0.15) is 0 Å². The molecule has 0 saturated carbocycles. The highest BCUT2D eigenvalue weighted by Gasteiger charge is 2.36. The number of nitrogens with zero attached hydrogens (tertiary/aromatic N) is 4. The second-order valence-electron chi connectivity index (χ2n) is 9.76. The number of anilines is 1. The van der Waals surface area contributed by atoms with Crippen LogP contribution in [0.25, 0.3) is 0 Å². The van der Waals surface area contributed by atoms with Crippen LogP contribution in [0.5, 0.6) is 11.5 Å². The number of carbonyl (C=O) groups excluding carboxylic acids is 2. The molecular weight excluding hydrogens is 470 g/mol. The van der Waals surface area contributed by atoms with Crippen molar-refractivity contribution in [2.75, 3.05) is 31.1 Å². The zero-order valence-electron chi connectivity index (χ0n) is 20.5. The summed E-state index contributed by atoms with van der Waals surface area (Å²) in [6.07, 6.45) is 5.20. The van der Waals surface area contributed by atoms with Gasteiger partial charge < -0.3 is 24.6 Å². The van der Waals surface area contributed by atoms with E-state index in [1.807, 2.05) is 58.3 Å². The molecule has 2 aromatic carbocycles. The standard InChI is InChI=1S/C28H29N5O4/c34-27-13-19-5-3-7-21(11-19)37-22-8-4-6-20(12-22)18-36-25-17-33(16-24(25)31-27)26-15-29-14-23(30-26)28(35)32-9-1-2-10-32/h3-8,11-12,14-15,24-25H,1-2,9-10,13,16-18H2,(H,31,34). The highest BCUT2D eigenvalue weighted by atomic mass is 16.5. The number of likely N-dealkylation sites (tertiary alicyclic amines) is 1. The van der Waals surface area contributed by atoms with E-state index in [1.165, 1.54) is 6.20 Å². The Bertz CT molecular complexity index is 1310. The summed E-state index contributed by atoms with van der Waals surface area (Å²) < 4.78 is 12.4. The van der Waals surface area contributed by atoms with Crippen molar-refractivity contribution in [3.8, 4) is 11.5 Å². The highest BCUT2D eigenvalue weighted by Crippen LogP contribution is 2.26. The van der Waals surface area contributed by atoms with Gasteiger partial charge in [0.05, 0.1) is 37.6 Å². The molecule has 9 heteroatoms. The second kappa shape index (κ2) is 10.2. The van der Waals surface area contributed by atoms with E-state index >= 15 is 0 Å². The Kier molecular flexibility index (Phi) is 6.44. The Morgan fingerprint density at radius 1 is 0.973 bits per heavy atom. The third kappa shape index (κ3) is 5.27. The third-order valence-corrected chi connectivity index (χ3v) is 7.03. The molecule has 2 amide bonds. The first-order valence-electron chi connectivity index (χ1n) is 12.7. The molecule has 3 aliphatic rings. The van der Waals surface area contributed by atoms with Crippen LogP contribution < -0.4 is 15.0 Å². The van der Waals surface area contributed by atoms with Crippen molar-refractivity contribution in [3.63, 3.8) is 0 Å². The lowest BCUT2D eigenvalue weighted by molar-refractivity contribution is -0.122. The molecule has 0 spiro atoms. The van der Waals surface area contributed by atoms with E-state index in [9.17, 15) is 9.59 Å². The van der Waals surface area contributed by atoms with Crippen molar-refractivity contribution in [1.82, 2.24) is 20.2 Å². The van der Waals surface area contributed by atoms with Gasteiger partial charge in [-0.25, -0.2) is 4.98 Å². The molecule has 6 rings (SSSR count). The molecule has 2 saturated heterocycles. The maximum atomic E-state index is 13.0. The zero-order chi connectivity index (χ0) is 25.2. The minimum absolute atomic E-state index is 0.0847. The molecule has 2 unspecified atom stereocenters. The summed E-state index contributed by atoms with van der Waals surface area (Å²) in [5.74, 6) is 1.85. The highest BCUT2D eigenvalue weighted by molar-refractivity contribution is 5.92. The van der Waals surface area contributed by atoms with E-state index in [2.05, 4.69) is 15.3 Å². The molecule has 0 aliphatic carbocycles. The monoisotopic (exact) mass is 499 g/mol. The number of hydrogen-bond acceptors (Lipinski definition) is 7. The summed E-state index contributed by atoms with van der Waals surface area (Å²) in [7, 11) is 0. The van der Waals surface area contributed by atoms with Gasteiger partial charge in [-0.1, -0.05) is 24.3 Å². The Hall–Kier alpha value is -3.98. The minimum Gasteiger partial charge on any atom is -0.457 e. The first-order chi connectivity index (χ1) is 18.1. The van der Waals surface area contributed by atoms with Gasteiger partial charge in [-0.05, 0) is 48.2 Å². The van der Waals surface area contributed by atoms with Gasteiger partial charge in [0.1, 0.15) is 23.0 Å². The van der Waals surface area contributed by atoms with E-state index in [-0.39, 0.29) is 30.4 Å². The summed E-state index contributed by atoms with van der Waals surface area (Å²) >= 11 is 0. The zero-order valence-corrected chi connectivity index (χ0v) is 20.5. The van der Waals surface area contributed by atoms with E-state index in [0.717, 1.165) is 42.8 Å². The summed E-state index contributed by atoms with van der Waals surface area (Å²) in [5, 5.41) is 3.16. The van der Waals surface area contributed by atoms with E-state index < -0.39 is 0 Å². The van der Waals surface area contributed by atoms with Gasteiger partial charge >= 0.3 is 0 Å². The topological polar surface area (TPSA) is 96.9 Å². The van der Waals surface area contributed by atoms with Crippen molar-refractivity contribution in [2.45, 2.75) is 38.0 Å². The van der Waals surface area contributed by atoms with Gasteiger partial charge in [-0.15, -0.1) is 0 Å². The van der Waals surface area contributed by atoms with Crippen molar-refractivity contribution in [2.24, 2.45) is 0 Å². The number of hydrogen-bond donors (Lipinski definition) is 1. The molecular formula is C28H29N5O4. The Morgan fingerprint density at radius 3 is 2.54 bits per heavy atom. The Labute approximate surface area is 215 Å². The minimum atomic E-state index is -0.262. The molecule has 9 nitrogen and oxygen atoms in total. The molecule has 4 bridgehead atoms. The molecule has 1 N–H and O–H groups in total. The largest absolute Gasteiger partial charge is 0.457 e. The van der Waals surface area contributed by atoms with Crippen molar-refractivity contribution in [1.29, 1.82) is 0 Å². The Morgan fingerprint density at radius 2 is 1.73 bits per heavy atom. The van der Waals surface area contributed by atoms with Crippen LogP contribution in [0.1, 0.15) is 34.5 Å². The van der Waals surface area contributed by atoms with Crippen LogP contribution >= 0.6 is 0 Å². The molecule has 3 aliphatic heterocycles. The fourth-order valence-electron chi connectivity index (χ4n) is 5.16. The van der Waals surface area contributed by atoms with Gasteiger partial charge in [0, 0.05) is 26.2 Å². The van der Waals surface area contributed by atoms with Crippen LogP contribution in [-0.2, 0) is 22.6 Å². The van der Waals surface area contributed by atoms with Gasteiger partial charge in [0.2, 0.25) is 5.91 Å². The molecule has 37 heavy (non-hydrogen) atoms. The summed E-state index contributed by atoms with van der Waals surface area (Å²) in [6, 6.07) is 15.2. The smallest absolute Gasteiger partial charge is 0.274 e. The van der Waals surface area contributed by atoms with E-state index in [4.69, 9.17) is 9.47 Å². The Balaban J connectivity index is 1.24. The van der Waals surface area contributed by atoms with Crippen LogP contribution in [0.3, 0.4) is 0 Å². The second-order valence-corrected chi connectivity index (χ2v) is 9.76. The quantitative estimate of drug-likeness (QED) is 0.579. The average molecular weight is 500 g/mol. The van der Waals surface area contributed by atoms with Gasteiger partial charge in [0.15, 0.2) is 0 Å².